The van der Waals surface area contributed by atoms with Crippen molar-refractivity contribution in [1.29, 1.82) is 0 Å². The molecule has 102 valence electrons. The zero-order valence-electron chi connectivity index (χ0n) is 10.8. The zero-order valence-corrected chi connectivity index (χ0v) is 10.8. The van der Waals surface area contributed by atoms with Gasteiger partial charge in [0.2, 0.25) is 0 Å². The van der Waals surface area contributed by atoms with Gasteiger partial charge in [-0.3, -0.25) is 9.59 Å². The van der Waals surface area contributed by atoms with Gasteiger partial charge in [0.1, 0.15) is 5.82 Å². The zero-order chi connectivity index (χ0) is 14.0. The summed E-state index contributed by atoms with van der Waals surface area (Å²) < 4.78 is 0. The molecule has 2 rings (SSSR count). The van der Waals surface area contributed by atoms with E-state index in [2.05, 4.69) is 4.98 Å². The molecule has 0 aromatic carbocycles. The van der Waals surface area contributed by atoms with Crippen LogP contribution in [0.3, 0.4) is 0 Å². The molecule has 1 aromatic rings. The lowest BCUT2D eigenvalue weighted by Gasteiger charge is -2.24. The maximum absolute atomic E-state index is 11.4. The van der Waals surface area contributed by atoms with Crippen LogP contribution in [0.5, 0.6) is 0 Å². The summed E-state index contributed by atoms with van der Waals surface area (Å²) in [7, 11) is 0. The maximum Gasteiger partial charge on any atom is 0.311 e. The van der Waals surface area contributed by atoms with E-state index in [4.69, 9.17) is 5.73 Å². The molecule has 6 heteroatoms. The molecule has 1 amide bonds. The van der Waals surface area contributed by atoms with Crippen molar-refractivity contribution in [3.63, 3.8) is 0 Å². The molecule has 6 nitrogen and oxygen atoms in total. The molecule has 0 saturated carbocycles. The largest absolute Gasteiger partial charge is 0.481 e. The predicted molar refractivity (Wildman–Crippen MR) is 69.9 cm³/mol. The lowest BCUT2D eigenvalue weighted by Crippen LogP contribution is -2.35. The van der Waals surface area contributed by atoms with Gasteiger partial charge in [-0.2, -0.15) is 0 Å². The van der Waals surface area contributed by atoms with Gasteiger partial charge in [-0.15, -0.1) is 0 Å². The number of rotatable bonds is 4. The summed E-state index contributed by atoms with van der Waals surface area (Å²) in [6.07, 6.45) is 2.68. The lowest BCUT2D eigenvalue weighted by atomic mass is 9.84. The third-order valence-electron chi connectivity index (χ3n) is 3.84. The van der Waals surface area contributed by atoms with Crippen LogP contribution in [0.1, 0.15) is 30.1 Å². The first-order valence-electron chi connectivity index (χ1n) is 6.23. The highest BCUT2D eigenvalue weighted by Crippen LogP contribution is 2.36. The van der Waals surface area contributed by atoms with Crippen molar-refractivity contribution < 1.29 is 14.7 Å². The molecule has 0 bridgehead atoms. The highest BCUT2D eigenvalue weighted by molar-refractivity contribution is 5.97. The second kappa shape index (κ2) is 4.87. The Labute approximate surface area is 111 Å². The van der Waals surface area contributed by atoms with Gasteiger partial charge < -0.3 is 15.7 Å². The van der Waals surface area contributed by atoms with Crippen molar-refractivity contribution >= 4 is 17.7 Å². The Kier molecular flexibility index (Phi) is 3.42. The molecule has 0 spiro atoms. The third-order valence-corrected chi connectivity index (χ3v) is 3.84. The second-order valence-corrected chi connectivity index (χ2v) is 4.85. The van der Waals surface area contributed by atoms with Gasteiger partial charge in [-0.05, 0) is 25.0 Å². The summed E-state index contributed by atoms with van der Waals surface area (Å²) in [6, 6.07) is 3.25. The predicted octanol–water partition coefficient (Wildman–Crippen LogP) is 0.872. The Morgan fingerprint density at radius 2 is 2.32 bits per heavy atom. The number of pyridine rings is 1. The molecule has 1 aliphatic rings. The molecule has 1 unspecified atom stereocenters. The normalized spacial score (nSPS) is 22.5. The molecule has 1 atom stereocenters. The Hall–Kier alpha value is -2.11. The molecule has 1 aromatic heterocycles. The summed E-state index contributed by atoms with van der Waals surface area (Å²) in [5, 5.41) is 9.37. The third kappa shape index (κ3) is 2.25. The standard InChI is InChI=1S/C13H17N3O3/c1-2-13(12(18)19)5-7-16(8-13)11-9(10(14)17)4-3-6-15-11/h3-4,6H,2,5,7-8H2,1H3,(H2,14,17)(H,18,19). The Bertz CT molecular complexity index is 518. The molecule has 3 N–H and O–H groups in total. The SMILES string of the molecule is CCC1(C(=O)O)CCN(c2ncccc2C(N)=O)C1. The van der Waals surface area contributed by atoms with Crippen molar-refractivity contribution in [2.24, 2.45) is 11.1 Å². The number of carbonyl (C=O) groups is 2. The molecular weight excluding hydrogens is 246 g/mol. The van der Waals surface area contributed by atoms with Crippen LogP contribution < -0.4 is 10.6 Å². The molecular formula is C13H17N3O3. The molecule has 0 radical (unpaired) electrons. The topological polar surface area (TPSA) is 96.5 Å². The van der Waals surface area contributed by atoms with Crippen molar-refractivity contribution in [3.05, 3.63) is 23.9 Å². The van der Waals surface area contributed by atoms with E-state index in [0.29, 0.717) is 37.3 Å². The summed E-state index contributed by atoms with van der Waals surface area (Å²) in [6.45, 7) is 2.79. The van der Waals surface area contributed by atoms with Gasteiger partial charge in [0.15, 0.2) is 0 Å². The summed E-state index contributed by atoms with van der Waals surface area (Å²) in [4.78, 5) is 28.8. The number of carbonyl (C=O) groups excluding carboxylic acids is 1. The van der Waals surface area contributed by atoms with E-state index in [1.54, 1.807) is 18.3 Å². The van der Waals surface area contributed by atoms with Gasteiger partial charge in [0.05, 0.1) is 11.0 Å². The average molecular weight is 263 g/mol. The van der Waals surface area contributed by atoms with Crippen LogP contribution in [0.25, 0.3) is 0 Å². The number of amides is 1. The summed E-state index contributed by atoms with van der Waals surface area (Å²) in [5.41, 5.74) is 4.90. The fraction of sp³-hybridized carbons (Fsp3) is 0.462. The van der Waals surface area contributed by atoms with Crippen molar-refractivity contribution in [1.82, 2.24) is 4.98 Å². The van der Waals surface area contributed by atoms with Crippen LogP contribution in [0, 0.1) is 5.41 Å². The average Bonchev–Trinajstić information content (AvgIpc) is 2.84. The quantitative estimate of drug-likeness (QED) is 0.840. The van der Waals surface area contributed by atoms with E-state index in [1.807, 2.05) is 11.8 Å². The fourth-order valence-electron chi connectivity index (χ4n) is 2.51. The van der Waals surface area contributed by atoms with E-state index in [1.165, 1.54) is 0 Å². The van der Waals surface area contributed by atoms with Gasteiger partial charge in [0.25, 0.3) is 5.91 Å². The van der Waals surface area contributed by atoms with Crippen LogP contribution in [-0.4, -0.2) is 35.1 Å². The van der Waals surface area contributed by atoms with Crippen LogP contribution in [0.4, 0.5) is 5.82 Å². The Morgan fingerprint density at radius 1 is 1.58 bits per heavy atom. The number of aliphatic carboxylic acids is 1. The summed E-state index contributed by atoms with van der Waals surface area (Å²) in [5.74, 6) is -0.868. The highest BCUT2D eigenvalue weighted by Gasteiger charge is 2.44. The second-order valence-electron chi connectivity index (χ2n) is 4.85. The molecule has 19 heavy (non-hydrogen) atoms. The van der Waals surface area contributed by atoms with E-state index in [9.17, 15) is 14.7 Å². The number of carboxylic acid groups (broad SMARTS) is 1. The minimum atomic E-state index is -0.797. The first-order valence-corrected chi connectivity index (χ1v) is 6.23. The first-order chi connectivity index (χ1) is 9.00. The molecule has 0 aliphatic carbocycles. The van der Waals surface area contributed by atoms with Crippen LogP contribution in [-0.2, 0) is 4.79 Å². The first kappa shape index (κ1) is 13.3. The highest BCUT2D eigenvalue weighted by atomic mass is 16.4. The van der Waals surface area contributed by atoms with Gasteiger partial charge >= 0.3 is 5.97 Å². The van der Waals surface area contributed by atoms with Crippen molar-refractivity contribution in [3.8, 4) is 0 Å². The number of carboxylic acids is 1. The number of aromatic nitrogens is 1. The van der Waals surface area contributed by atoms with Crippen LogP contribution >= 0.6 is 0 Å². The van der Waals surface area contributed by atoms with Gasteiger partial charge in [-0.1, -0.05) is 6.92 Å². The van der Waals surface area contributed by atoms with Crippen LogP contribution in [0.15, 0.2) is 18.3 Å². The van der Waals surface area contributed by atoms with E-state index >= 15 is 0 Å². The smallest absolute Gasteiger partial charge is 0.311 e. The maximum atomic E-state index is 11.4. The molecule has 2 heterocycles. The van der Waals surface area contributed by atoms with Crippen molar-refractivity contribution in [2.45, 2.75) is 19.8 Å². The minimum Gasteiger partial charge on any atom is -0.481 e. The van der Waals surface area contributed by atoms with E-state index in [0.717, 1.165) is 0 Å². The van der Waals surface area contributed by atoms with Gasteiger partial charge in [-0.25, -0.2) is 4.98 Å². The summed E-state index contributed by atoms with van der Waals surface area (Å²) >= 11 is 0. The van der Waals surface area contributed by atoms with Gasteiger partial charge in [0, 0.05) is 19.3 Å². The Morgan fingerprint density at radius 3 is 2.84 bits per heavy atom. The number of nitrogens with two attached hydrogens (primary N) is 1. The number of primary amides is 1. The monoisotopic (exact) mass is 263 g/mol. The number of nitrogens with zero attached hydrogens (tertiary/aromatic N) is 2. The molecule has 1 aliphatic heterocycles. The van der Waals surface area contributed by atoms with E-state index < -0.39 is 17.3 Å². The number of hydrogen-bond acceptors (Lipinski definition) is 4. The van der Waals surface area contributed by atoms with Crippen LogP contribution in [0.2, 0.25) is 0 Å². The number of hydrogen-bond donors (Lipinski definition) is 2. The lowest BCUT2D eigenvalue weighted by molar-refractivity contribution is -0.147. The molecule has 1 saturated heterocycles. The van der Waals surface area contributed by atoms with Crippen molar-refractivity contribution in [2.75, 3.05) is 18.0 Å². The number of anilines is 1. The van der Waals surface area contributed by atoms with E-state index in [-0.39, 0.29) is 0 Å². The fourth-order valence-corrected chi connectivity index (χ4v) is 2.51. The minimum absolute atomic E-state index is 0.333. The molecule has 1 fully saturated rings. The Balaban J connectivity index is 2.31.